The van der Waals surface area contributed by atoms with Crippen molar-refractivity contribution in [3.63, 3.8) is 0 Å². The molecule has 1 aromatic rings. The number of H-pyrrole nitrogens is 1. The molecule has 1 saturated carbocycles. The molecule has 1 aromatic heterocycles. The van der Waals surface area contributed by atoms with Crippen LogP contribution in [0.15, 0.2) is 4.79 Å². The highest BCUT2D eigenvalue weighted by Crippen LogP contribution is 2.34. The van der Waals surface area contributed by atoms with Crippen molar-refractivity contribution in [2.24, 2.45) is 5.73 Å². The standard InChI is InChI=1S/C15H28N4O/c16-12-8-6-4-2-1-3-5-7-9-14-17-18-15(20)19(14)13-10-11-13/h13H,1-12,16H2,(H,18,20). The maximum atomic E-state index is 11.6. The summed E-state index contributed by atoms with van der Waals surface area (Å²) in [5, 5.41) is 6.74. The van der Waals surface area contributed by atoms with E-state index in [1.54, 1.807) is 0 Å². The molecule has 1 fully saturated rings. The van der Waals surface area contributed by atoms with Crippen molar-refractivity contribution in [2.75, 3.05) is 6.54 Å². The lowest BCUT2D eigenvalue weighted by Crippen LogP contribution is -2.17. The lowest BCUT2D eigenvalue weighted by atomic mass is 10.1. The van der Waals surface area contributed by atoms with Gasteiger partial charge in [0.05, 0.1) is 0 Å². The van der Waals surface area contributed by atoms with E-state index in [-0.39, 0.29) is 5.69 Å². The fourth-order valence-corrected chi connectivity index (χ4v) is 2.71. The van der Waals surface area contributed by atoms with Crippen LogP contribution in [0.2, 0.25) is 0 Å². The Kier molecular flexibility index (Phi) is 6.30. The number of hydrogen-bond acceptors (Lipinski definition) is 3. The number of hydrogen-bond donors (Lipinski definition) is 2. The third-order valence-electron chi connectivity index (χ3n) is 4.04. The van der Waals surface area contributed by atoms with Gasteiger partial charge in [0, 0.05) is 12.5 Å². The Bertz CT molecular complexity index is 433. The Balaban J connectivity index is 1.54. The third-order valence-corrected chi connectivity index (χ3v) is 4.04. The van der Waals surface area contributed by atoms with E-state index < -0.39 is 0 Å². The van der Waals surface area contributed by atoms with Gasteiger partial charge in [-0.05, 0) is 32.2 Å². The van der Waals surface area contributed by atoms with Crippen molar-refractivity contribution in [1.29, 1.82) is 0 Å². The second-order valence-corrected chi connectivity index (χ2v) is 5.91. The lowest BCUT2D eigenvalue weighted by molar-refractivity contribution is 0.558. The summed E-state index contributed by atoms with van der Waals surface area (Å²) in [4.78, 5) is 11.6. The van der Waals surface area contributed by atoms with Crippen molar-refractivity contribution in [3.05, 3.63) is 16.3 Å². The second-order valence-electron chi connectivity index (χ2n) is 5.91. The molecule has 5 heteroatoms. The molecule has 2 rings (SSSR count). The minimum absolute atomic E-state index is 0.0256. The first-order chi connectivity index (χ1) is 9.83. The molecule has 0 saturated heterocycles. The fourth-order valence-electron chi connectivity index (χ4n) is 2.71. The van der Waals surface area contributed by atoms with Gasteiger partial charge in [-0.1, -0.05) is 38.5 Å². The molecule has 0 unspecified atom stereocenters. The van der Waals surface area contributed by atoms with E-state index in [0.717, 1.165) is 44.5 Å². The molecule has 0 amide bonds. The zero-order valence-electron chi connectivity index (χ0n) is 12.4. The van der Waals surface area contributed by atoms with Gasteiger partial charge in [-0.25, -0.2) is 9.89 Å². The van der Waals surface area contributed by atoms with Crippen molar-refractivity contribution in [3.8, 4) is 0 Å². The van der Waals surface area contributed by atoms with Crippen molar-refractivity contribution in [1.82, 2.24) is 14.8 Å². The number of unbranched alkanes of at least 4 members (excludes halogenated alkanes) is 7. The van der Waals surface area contributed by atoms with Gasteiger partial charge in [-0.2, -0.15) is 5.10 Å². The number of nitrogens with two attached hydrogens (primary N) is 1. The largest absolute Gasteiger partial charge is 0.343 e. The zero-order chi connectivity index (χ0) is 14.2. The van der Waals surface area contributed by atoms with Crippen LogP contribution in [-0.2, 0) is 6.42 Å². The molecule has 20 heavy (non-hydrogen) atoms. The molecule has 0 bridgehead atoms. The Morgan fingerprint density at radius 2 is 1.65 bits per heavy atom. The van der Waals surface area contributed by atoms with Crippen LogP contribution in [0, 0.1) is 0 Å². The van der Waals surface area contributed by atoms with E-state index in [0.29, 0.717) is 6.04 Å². The SMILES string of the molecule is NCCCCCCCCCCc1n[nH]c(=O)n1C1CC1. The molecule has 0 radical (unpaired) electrons. The van der Waals surface area contributed by atoms with Crippen molar-refractivity contribution < 1.29 is 0 Å². The van der Waals surface area contributed by atoms with E-state index in [9.17, 15) is 4.79 Å². The molecule has 1 aliphatic rings. The first-order valence-electron chi connectivity index (χ1n) is 8.19. The van der Waals surface area contributed by atoms with Gasteiger partial charge >= 0.3 is 5.69 Å². The lowest BCUT2D eigenvalue weighted by Gasteiger charge is -2.04. The molecule has 0 aliphatic heterocycles. The smallest absolute Gasteiger partial charge is 0.330 e. The summed E-state index contributed by atoms with van der Waals surface area (Å²) in [6, 6.07) is 0.429. The first-order valence-corrected chi connectivity index (χ1v) is 8.19. The minimum atomic E-state index is -0.0256. The number of rotatable bonds is 11. The maximum absolute atomic E-state index is 11.6. The monoisotopic (exact) mass is 280 g/mol. The summed E-state index contributed by atoms with van der Waals surface area (Å²) in [6.07, 6.45) is 13.3. The van der Waals surface area contributed by atoms with E-state index in [1.807, 2.05) is 4.57 Å². The number of nitrogens with zero attached hydrogens (tertiary/aromatic N) is 2. The van der Waals surface area contributed by atoms with E-state index in [2.05, 4.69) is 10.2 Å². The van der Waals surface area contributed by atoms with Gasteiger partial charge in [0.2, 0.25) is 0 Å². The number of aryl methyl sites for hydroxylation is 1. The number of nitrogens with one attached hydrogen (secondary N) is 1. The van der Waals surface area contributed by atoms with Crippen LogP contribution in [-0.4, -0.2) is 21.3 Å². The quantitative estimate of drug-likeness (QED) is 0.611. The molecule has 0 atom stereocenters. The predicted molar refractivity (Wildman–Crippen MR) is 80.8 cm³/mol. The van der Waals surface area contributed by atoms with E-state index >= 15 is 0 Å². The molecule has 0 aromatic carbocycles. The highest BCUT2D eigenvalue weighted by atomic mass is 16.1. The molecular formula is C15H28N4O. The molecule has 5 nitrogen and oxygen atoms in total. The third kappa shape index (κ3) is 4.78. The Labute approximate surface area is 120 Å². The molecule has 1 aliphatic carbocycles. The summed E-state index contributed by atoms with van der Waals surface area (Å²) in [6.45, 7) is 0.826. The van der Waals surface area contributed by atoms with Gasteiger partial charge < -0.3 is 5.73 Å². The van der Waals surface area contributed by atoms with Gasteiger partial charge in [0.25, 0.3) is 0 Å². The molecule has 1 heterocycles. The van der Waals surface area contributed by atoms with Crippen molar-refractivity contribution >= 4 is 0 Å². The Hall–Kier alpha value is -1.10. The average Bonchev–Trinajstić information content (AvgIpc) is 3.21. The fraction of sp³-hybridized carbons (Fsp3) is 0.867. The molecule has 114 valence electrons. The number of aromatic amines is 1. The highest BCUT2D eigenvalue weighted by Gasteiger charge is 2.27. The number of aromatic nitrogens is 3. The highest BCUT2D eigenvalue weighted by molar-refractivity contribution is 4.95. The summed E-state index contributed by atoms with van der Waals surface area (Å²) < 4.78 is 1.87. The Morgan fingerprint density at radius 3 is 2.25 bits per heavy atom. The maximum Gasteiger partial charge on any atom is 0.343 e. The van der Waals surface area contributed by atoms with E-state index in [1.165, 1.54) is 38.5 Å². The van der Waals surface area contributed by atoms with Gasteiger partial charge in [0.15, 0.2) is 0 Å². The average molecular weight is 280 g/mol. The van der Waals surface area contributed by atoms with Gasteiger partial charge in [-0.15, -0.1) is 0 Å². The molecular weight excluding hydrogens is 252 g/mol. The topological polar surface area (TPSA) is 76.7 Å². The summed E-state index contributed by atoms with van der Waals surface area (Å²) in [5.41, 5.74) is 5.45. The second kappa shape index (κ2) is 8.25. The van der Waals surface area contributed by atoms with Crippen LogP contribution >= 0.6 is 0 Å². The van der Waals surface area contributed by atoms with Gasteiger partial charge in [-0.3, -0.25) is 4.57 Å². The van der Waals surface area contributed by atoms with Gasteiger partial charge in [0.1, 0.15) is 5.82 Å². The first kappa shape index (κ1) is 15.3. The summed E-state index contributed by atoms with van der Waals surface area (Å²) in [5.74, 6) is 0.959. The summed E-state index contributed by atoms with van der Waals surface area (Å²) in [7, 11) is 0. The Morgan fingerprint density at radius 1 is 1.05 bits per heavy atom. The van der Waals surface area contributed by atoms with E-state index in [4.69, 9.17) is 5.73 Å². The minimum Gasteiger partial charge on any atom is -0.330 e. The molecule has 3 N–H and O–H groups in total. The van der Waals surface area contributed by atoms with Crippen LogP contribution in [0.3, 0.4) is 0 Å². The van der Waals surface area contributed by atoms with Crippen LogP contribution in [0.5, 0.6) is 0 Å². The van der Waals surface area contributed by atoms with Crippen LogP contribution in [0.25, 0.3) is 0 Å². The zero-order valence-corrected chi connectivity index (χ0v) is 12.4. The normalized spacial score (nSPS) is 14.8. The van der Waals surface area contributed by atoms with Crippen molar-refractivity contribution in [2.45, 2.75) is 76.7 Å². The van der Waals surface area contributed by atoms with Crippen LogP contribution < -0.4 is 11.4 Å². The van der Waals surface area contributed by atoms with Crippen LogP contribution in [0.1, 0.15) is 76.1 Å². The van der Waals surface area contributed by atoms with Crippen LogP contribution in [0.4, 0.5) is 0 Å². The molecule has 0 spiro atoms. The predicted octanol–water partition coefficient (Wildman–Crippen LogP) is 2.53. The summed E-state index contributed by atoms with van der Waals surface area (Å²) >= 11 is 0.